The second kappa shape index (κ2) is 7.65. The average Bonchev–Trinajstić information content (AvgIpc) is 2.52. The van der Waals surface area contributed by atoms with Crippen LogP contribution in [0.15, 0.2) is 53.9 Å². The first-order chi connectivity index (χ1) is 9.79. The third kappa shape index (κ3) is 4.35. The van der Waals surface area contributed by atoms with E-state index in [1.165, 1.54) is 11.8 Å². The van der Waals surface area contributed by atoms with Crippen molar-refractivity contribution in [2.75, 3.05) is 5.75 Å². The minimum absolute atomic E-state index is 0.0179. The molecule has 5 heteroatoms. The lowest BCUT2D eigenvalue weighted by Crippen LogP contribution is -2.29. The van der Waals surface area contributed by atoms with Crippen LogP contribution in [-0.2, 0) is 4.79 Å². The lowest BCUT2D eigenvalue weighted by Gasteiger charge is -2.17. The summed E-state index contributed by atoms with van der Waals surface area (Å²) in [5, 5.41) is 3.90. The molecule has 0 aliphatic heterocycles. The van der Waals surface area contributed by atoms with Crippen molar-refractivity contribution >= 4 is 17.7 Å². The minimum Gasteiger partial charge on any atom is -0.349 e. The molecule has 2 aromatic heterocycles. The van der Waals surface area contributed by atoms with Gasteiger partial charge in [0, 0.05) is 18.6 Å². The van der Waals surface area contributed by atoms with Crippen molar-refractivity contribution in [1.29, 1.82) is 0 Å². The van der Waals surface area contributed by atoms with Crippen LogP contribution in [0.4, 0.5) is 0 Å². The third-order valence-corrected chi connectivity index (χ3v) is 3.78. The highest BCUT2D eigenvalue weighted by molar-refractivity contribution is 7.99. The number of aromatic nitrogens is 2. The standard InChI is InChI=1S/C15H17N3OS/c1-2-13(12-6-9-16-10-7-12)18-14(19)11-20-15-5-3-4-8-17-15/h3-10,13H,2,11H2,1H3,(H,18,19)/t13-/m0/s1. The molecule has 104 valence electrons. The number of hydrogen-bond acceptors (Lipinski definition) is 4. The third-order valence-electron chi connectivity index (χ3n) is 2.84. The molecule has 1 atom stereocenters. The molecular formula is C15H17N3OS. The van der Waals surface area contributed by atoms with Crippen molar-refractivity contribution < 1.29 is 4.79 Å². The van der Waals surface area contributed by atoms with Gasteiger partial charge in [0.25, 0.3) is 0 Å². The Labute approximate surface area is 123 Å². The first kappa shape index (κ1) is 14.5. The molecule has 0 aromatic carbocycles. The van der Waals surface area contributed by atoms with E-state index >= 15 is 0 Å². The van der Waals surface area contributed by atoms with Crippen molar-refractivity contribution in [2.45, 2.75) is 24.4 Å². The quantitative estimate of drug-likeness (QED) is 0.830. The van der Waals surface area contributed by atoms with E-state index in [9.17, 15) is 4.79 Å². The van der Waals surface area contributed by atoms with Crippen LogP contribution in [0.5, 0.6) is 0 Å². The van der Waals surface area contributed by atoms with Gasteiger partial charge in [0.2, 0.25) is 5.91 Å². The molecule has 0 spiro atoms. The Bertz CT molecular complexity index is 533. The van der Waals surface area contributed by atoms with Crippen LogP contribution in [0.2, 0.25) is 0 Å². The van der Waals surface area contributed by atoms with Crippen LogP contribution in [-0.4, -0.2) is 21.6 Å². The van der Waals surface area contributed by atoms with Gasteiger partial charge >= 0.3 is 0 Å². The highest BCUT2D eigenvalue weighted by atomic mass is 32.2. The Kier molecular flexibility index (Phi) is 5.55. The van der Waals surface area contributed by atoms with Gasteiger partial charge < -0.3 is 5.32 Å². The van der Waals surface area contributed by atoms with Gasteiger partial charge in [-0.3, -0.25) is 9.78 Å². The number of carbonyl (C=O) groups is 1. The van der Waals surface area contributed by atoms with Crippen LogP contribution in [0.3, 0.4) is 0 Å². The molecular weight excluding hydrogens is 270 g/mol. The second-order valence-electron chi connectivity index (χ2n) is 4.27. The predicted octanol–water partition coefficient (Wildman–Crippen LogP) is 2.84. The number of nitrogens with one attached hydrogen (secondary N) is 1. The maximum absolute atomic E-state index is 12.0. The van der Waals surface area contributed by atoms with Gasteiger partial charge in [-0.05, 0) is 36.2 Å². The molecule has 4 nitrogen and oxygen atoms in total. The normalized spacial score (nSPS) is 11.8. The molecule has 2 heterocycles. The van der Waals surface area contributed by atoms with E-state index in [4.69, 9.17) is 0 Å². The Morgan fingerprint density at radius 1 is 1.25 bits per heavy atom. The number of nitrogens with zero attached hydrogens (tertiary/aromatic N) is 2. The van der Waals surface area contributed by atoms with E-state index in [1.807, 2.05) is 30.3 Å². The summed E-state index contributed by atoms with van der Waals surface area (Å²) in [5.41, 5.74) is 1.08. The summed E-state index contributed by atoms with van der Waals surface area (Å²) in [7, 11) is 0. The summed E-state index contributed by atoms with van der Waals surface area (Å²) in [6, 6.07) is 9.58. The van der Waals surface area contributed by atoms with E-state index in [0.29, 0.717) is 5.75 Å². The number of hydrogen-bond donors (Lipinski definition) is 1. The molecule has 20 heavy (non-hydrogen) atoms. The maximum atomic E-state index is 12.0. The van der Waals surface area contributed by atoms with E-state index in [-0.39, 0.29) is 11.9 Å². The van der Waals surface area contributed by atoms with E-state index < -0.39 is 0 Å². The van der Waals surface area contributed by atoms with Gasteiger partial charge in [0.05, 0.1) is 16.8 Å². The van der Waals surface area contributed by atoms with Crippen LogP contribution in [0, 0.1) is 0 Å². The fraction of sp³-hybridized carbons (Fsp3) is 0.267. The zero-order valence-electron chi connectivity index (χ0n) is 11.3. The smallest absolute Gasteiger partial charge is 0.230 e. The van der Waals surface area contributed by atoms with E-state index in [1.54, 1.807) is 18.6 Å². The first-order valence-electron chi connectivity index (χ1n) is 6.52. The number of amides is 1. The zero-order valence-corrected chi connectivity index (χ0v) is 12.1. The molecule has 0 saturated carbocycles. The van der Waals surface area contributed by atoms with Crippen molar-refractivity contribution in [2.24, 2.45) is 0 Å². The molecule has 0 aliphatic carbocycles. The van der Waals surface area contributed by atoms with Gasteiger partial charge in [-0.2, -0.15) is 0 Å². The van der Waals surface area contributed by atoms with E-state index in [0.717, 1.165) is 17.0 Å². The molecule has 1 N–H and O–H groups in total. The number of thioether (sulfide) groups is 1. The predicted molar refractivity (Wildman–Crippen MR) is 80.4 cm³/mol. The topological polar surface area (TPSA) is 54.9 Å². The molecule has 0 aliphatic rings. The molecule has 0 radical (unpaired) electrons. The summed E-state index contributed by atoms with van der Waals surface area (Å²) in [5.74, 6) is 0.391. The molecule has 1 amide bonds. The Morgan fingerprint density at radius 3 is 2.70 bits per heavy atom. The fourth-order valence-electron chi connectivity index (χ4n) is 1.82. The Balaban J connectivity index is 1.87. The fourth-order valence-corrected chi connectivity index (χ4v) is 2.50. The number of pyridine rings is 2. The van der Waals surface area contributed by atoms with Gasteiger partial charge in [0.15, 0.2) is 0 Å². The highest BCUT2D eigenvalue weighted by Crippen LogP contribution is 2.17. The summed E-state index contributed by atoms with van der Waals surface area (Å²) in [6.45, 7) is 2.05. The minimum atomic E-state index is 0.0179. The summed E-state index contributed by atoms with van der Waals surface area (Å²) in [6.07, 6.45) is 6.07. The number of carbonyl (C=O) groups excluding carboxylic acids is 1. The van der Waals surface area contributed by atoms with Gasteiger partial charge in [-0.1, -0.05) is 24.8 Å². The lowest BCUT2D eigenvalue weighted by atomic mass is 10.1. The first-order valence-corrected chi connectivity index (χ1v) is 7.51. The van der Waals surface area contributed by atoms with Gasteiger partial charge in [0.1, 0.15) is 0 Å². The van der Waals surface area contributed by atoms with Crippen molar-refractivity contribution in [3.05, 3.63) is 54.5 Å². The van der Waals surface area contributed by atoms with Crippen LogP contribution < -0.4 is 5.32 Å². The number of rotatable bonds is 6. The van der Waals surface area contributed by atoms with Gasteiger partial charge in [-0.15, -0.1) is 0 Å². The van der Waals surface area contributed by atoms with Crippen LogP contribution in [0.25, 0.3) is 0 Å². The zero-order chi connectivity index (χ0) is 14.2. The lowest BCUT2D eigenvalue weighted by molar-refractivity contribution is -0.119. The van der Waals surface area contributed by atoms with Crippen molar-refractivity contribution in [3.8, 4) is 0 Å². The van der Waals surface area contributed by atoms with Crippen molar-refractivity contribution in [3.63, 3.8) is 0 Å². The Hall–Kier alpha value is -1.88. The molecule has 0 fully saturated rings. The summed E-state index contributed by atoms with van der Waals surface area (Å²) in [4.78, 5) is 20.2. The summed E-state index contributed by atoms with van der Waals surface area (Å²) >= 11 is 1.44. The van der Waals surface area contributed by atoms with E-state index in [2.05, 4.69) is 22.2 Å². The van der Waals surface area contributed by atoms with Crippen LogP contribution >= 0.6 is 11.8 Å². The molecule has 0 saturated heterocycles. The molecule has 2 rings (SSSR count). The van der Waals surface area contributed by atoms with Crippen LogP contribution in [0.1, 0.15) is 24.9 Å². The van der Waals surface area contributed by atoms with Gasteiger partial charge in [-0.25, -0.2) is 4.98 Å². The molecule has 0 bridgehead atoms. The SMILES string of the molecule is CC[C@H](NC(=O)CSc1ccccn1)c1ccncc1. The maximum Gasteiger partial charge on any atom is 0.230 e. The highest BCUT2D eigenvalue weighted by Gasteiger charge is 2.12. The molecule has 2 aromatic rings. The molecule has 0 unspecified atom stereocenters. The van der Waals surface area contributed by atoms with Crippen molar-refractivity contribution in [1.82, 2.24) is 15.3 Å². The average molecular weight is 287 g/mol. The summed E-state index contributed by atoms with van der Waals surface area (Å²) < 4.78 is 0. The Morgan fingerprint density at radius 2 is 2.05 bits per heavy atom. The second-order valence-corrected chi connectivity index (χ2v) is 5.26. The monoisotopic (exact) mass is 287 g/mol. The largest absolute Gasteiger partial charge is 0.349 e.